The van der Waals surface area contributed by atoms with E-state index in [4.69, 9.17) is 4.74 Å². The highest BCUT2D eigenvalue weighted by molar-refractivity contribution is 7.91. The SMILES string of the molecule is Cc1ncccc1Oc1ccc2c(c1)C[C@@H](CS(=O)(=O)C(C)C)C2. The van der Waals surface area contributed by atoms with Gasteiger partial charge in [0.2, 0.25) is 0 Å². The number of hydrogen-bond acceptors (Lipinski definition) is 4. The van der Waals surface area contributed by atoms with E-state index in [1.54, 1.807) is 20.0 Å². The van der Waals surface area contributed by atoms with Gasteiger partial charge in [-0.1, -0.05) is 6.07 Å². The molecule has 1 heterocycles. The molecule has 1 aromatic carbocycles. The van der Waals surface area contributed by atoms with Crippen LogP contribution in [-0.2, 0) is 22.7 Å². The first-order chi connectivity index (χ1) is 11.3. The van der Waals surface area contributed by atoms with Crippen LogP contribution in [0, 0.1) is 12.8 Å². The summed E-state index contributed by atoms with van der Waals surface area (Å²) in [7, 11) is -3.00. The van der Waals surface area contributed by atoms with Crippen LogP contribution in [0.2, 0.25) is 0 Å². The van der Waals surface area contributed by atoms with Crippen molar-refractivity contribution < 1.29 is 13.2 Å². The van der Waals surface area contributed by atoms with E-state index in [0.29, 0.717) is 0 Å². The largest absolute Gasteiger partial charge is 0.455 e. The summed E-state index contributed by atoms with van der Waals surface area (Å²) in [5.74, 6) is 1.95. The molecule has 1 atom stereocenters. The Kier molecular flexibility index (Phi) is 4.63. The predicted molar refractivity (Wildman–Crippen MR) is 95.3 cm³/mol. The summed E-state index contributed by atoms with van der Waals surface area (Å²) >= 11 is 0. The highest BCUT2D eigenvalue weighted by Crippen LogP contribution is 2.33. The van der Waals surface area contributed by atoms with E-state index in [0.717, 1.165) is 30.0 Å². The number of rotatable bonds is 5. The fourth-order valence-electron chi connectivity index (χ4n) is 3.09. The lowest BCUT2D eigenvalue weighted by Crippen LogP contribution is -2.23. The lowest BCUT2D eigenvalue weighted by atomic mass is 10.1. The topological polar surface area (TPSA) is 56.3 Å². The van der Waals surface area contributed by atoms with Crippen LogP contribution in [0.1, 0.15) is 30.7 Å². The number of sulfone groups is 1. The number of hydrogen-bond donors (Lipinski definition) is 0. The summed E-state index contributed by atoms with van der Waals surface area (Å²) in [6.07, 6.45) is 3.36. The summed E-state index contributed by atoms with van der Waals surface area (Å²) in [5, 5.41) is -0.311. The molecule has 0 saturated heterocycles. The maximum Gasteiger partial charge on any atom is 0.152 e. The van der Waals surface area contributed by atoms with Gasteiger partial charge in [-0.3, -0.25) is 4.98 Å². The Hall–Kier alpha value is -1.88. The van der Waals surface area contributed by atoms with Crippen molar-refractivity contribution in [2.45, 2.75) is 38.9 Å². The molecule has 0 bridgehead atoms. The van der Waals surface area contributed by atoms with Gasteiger partial charge in [-0.05, 0) is 74.9 Å². The van der Waals surface area contributed by atoms with Crippen molar-refractivity contribution in [2.24, 2.45) is 5.92 Å². The smallest absolute Gasteiger partial charge is 0.152 e. The van der Waals surface area contributed by atoms with Gasteiger partial charge in [0.05, 0.1) is 16.7 Å². The van der Waals surface area contributed by atoms with Gasteiger partial charge in [-0.2, -0.15) is 0 Å². The Morgan fingerprint density at radius 1 is 1.21 bits per heavy atom. The summed E-state index contributed by atoms with van der Waals surface area (Å²) in [5.41, 5.74) is 3.27. The molecule has 128 valence electrons. The van der Waals surface area contributed by atoms with Crippen LogP contribution in [0.15, 0.2) is 36.5 Å². The van der Waals surface area contributed by atoms with Crippen molar-refractivity contribution in [3.63, 3.8) is 0 Å². The van der Waals surface area contributed by atoms with E-state index in [-0.39, 0.29) is 16.9 Å². The minimum Gasteiger partial charge on any atom is -0.455 e. The number of pyridine rings is 1. The number of aromatic nitrogens is 1. The maximum atomic E-state index is 12.2. The van der Waals surface area contributed by atoms with Crippen LogP contribution in [0.3, 0.4) is 0 Å². The minimum absolute atomic E-state index is 0.169. The van der Waals surface area contributed by atoms with Gasteiger partial charge >= 0.3 is 0 Å². The standard InChI is InChI=1S/C19H23NO3S/c1-13(2)24(21,22)12-15-9-16-6-7-18(11-17(16)10-15)23-19-5-4-8-20-14(19)3/h4-8,11,13,15H,9-10,12H2,1-3H3/t15-/m0/s1. The number of fused-ring (bicyclic) bond motifs is 1. The van der Waals surface area contributed by atoms with Gasteiger partial charge in [0.15, 0.2) is 9.84 Å². The Balaban J connectivity index is 1.74. The summed E-state index contributed by atoms with van der Waals surface area (Å²) in [4.78, 5) is 4.22. The Morgan fingerprint density at radius 2 is 1.96 bits per heavy atom. The summed E-state index contributed by atoms with van der Waals surface area (Å²) in [6, 6.07) is 9.78. The fourth-order valence-corrected chi connectivity index (χ4v) is 4.37. The molecule has 0 unspecified atom stereocenters. The monoisotopic (exact) mass is 345 g/mol. The van der Waals surface area contributed by atoms with Crippen LogP contribution < -0.4 is 4.74 Å². The Bertz CT molecular complexity index is 843. The minimum atomic E-state index is -3.00. The van der Waals surface area contributed by atoms with Crippen LogP contribution in [0.5, 0.6) is 11.5 Å². The number of nitrogens with zero attached hydrogens (tertiary/aromatic N) is 1. The Morgan fingerprint density at radius 3 is 2.67 bits per heavy atom. The van der Waals surface area contributed by atoms with Crippen molar-refractivity contribution in [1.29, 1.82) is 0 Å². The van der Waals surface area contributed by atoms with E-state index in [9.17, 15) is 8.42 Å². The second-order valence-corrected chi connectivity index (χ2v) is 9.37. The van der Waals surface area contributed by atoms with Crippen molar-refractivity contribution >= 4 is 9.84 Å². The molecule has 5 heteroatoms. The molecule has 1 aliphatic rings. The fraction of sp³-hybridized carbons (Fsp3) is 0.421. The first-order valence-corrected chi connectivity index (χ1v) is 9.99. The summed E-state index contributed by atoms with van der Waals surface area (Å²) in [6.45, 7) is 5.41. The van der Waals surface area contributed by atoms with Gasteiger partial charge in [0.25, 0.3) is 0 Å². The highest BCUT2D eigenvalue weighted by atomic mass is 32.2. The quantitative estimate of drug-likeness (QED) is 0.829. The second kappa shape index (κ2) is 6.55. The van der Waals surface area contributed by atoms with E-state index >= 15 is 0 Å². The zero-order valence-corrected chi connectivity index (χ0v) is 15.1. The van der Waals surface area contributed by atoms with Crippen molar-refractivity contribution in [1.82, 2.24) is 4.98 Å². The first kappa shape index (κ1) is 17.0. The van der Waals surface area contributed by atoms with Crippen LogP contribution in [-0.4, -0.2) is 24.4 Å². The third-order valence-corrected chi connectivity index (χ3v) is 6.94. The second-order valence-electron chi connectivity index (χ2n) is 6.77. The van der Waals surface area contributed by atoms with E-state index in [1.165, 1.54) is 11.1 Å². The normalized spacial score (nSPS) is 17.1. The lowest BCUT2D eigenvalue weighted by Gasteiger charge is -2.12. The number of benzene rings is 1. The third kappa shape index (κ3) is 3.61. The molecule has 1 aliphatic carbocycles. The molecule has 3 rings (SSSR count). The van der Waals surface area contributed by atoms with Crippen LogP contribution in [0.25, 0.3) is 0 Å². The zero-order chi connectivity index (χ0) is 17.3. The average molecular weight is 345 g/mol. The maximum absolute atomic E-state index is 12.2. The lowest BCUT2D eigenvalue weighted by molar-refractivity contribution is 0.475. The van der Waals surface area contributed by atoms with Crippen molar-refractivity contribution in [2.75, 3.05) is 5.75 Å². The first-order valence-electron chi connectivity index (χ1n) is 8.28. The molecule has 0 N–H and O–H groups in total. The van der Waals surface area contributed by atoms with E-state index < -0.39 is 9.84 Å². The van der Waals surface area contributed by atoms with Gasteiger partial charge in [-0.15, -0.1) is 0 Å². The molecule has 4 nitrogen and oxygen atoms in total. The average Bonchev–Trinajstić information content (AvgIpc) is 2.90. The molecule has 0 aliphatic heterocycles. The summed E-state index contributed by atoms with van der Waals surface area (Å²) < 4.78 is 30.2. The van der Waals surface area contributed by atoms with Gasteiger partial charge in [0, 0.05) is 6.20 Å². The van der Waals surface area contributed by atoms with Crippen molar-refractivity contribution in [3.8, 4) is 11.5 Å². The van der Waals surface area contributed by atoms with E-state index in [1.807, 2.05) is 31.2 Å². The van der Waals surface area contributed by atoms with Crippen LogP contribution in [0.4, 0.5) is 0 Å². The molecular weight excluding hydrogens is 322 g/mol. The molecule has 0 spiro atoms. The van der Waals surface area contributed by atoms with Crippen LogP contribution >= 0.6 is 0 Å². The highest BCUT2D eigenvalue weighted by Gasteiger charge is 2.28. The van der Waals surface area contributed by atoms with Crippen molar-refractivity contribution in [3.05, 3.63) is 53.3 Å². The molecule has 24 heavy (non-hydrogen) atoms. The molecule has 0 radical (unpaired) electrons. The number of aryl methyl sites for hydroxylation is 1. The predicted octanol–water partition coefficient (Wildman–Crippen LogP) is 3.72. The molecule has 0 amide bonds. The van der Waals surface area contributed by atoms with Gasteiger partial charge in [-0.25, -0.2) is 8.42 Å². The Labute approximate surface area is 143 Å². The third-order valence-electron chi connectivity index (χ3n) is 4.57. The van der Waals surface area contributed by atoms with E-state index in [2.05, 4.69) is 11.1 Å². The molecule has 0 fully saturated rings. The molecule has 2 aromatic rings. The molecule has 1 aromatic heterocycles. The zero-order valence-electron chi connectivity index (χ0n) is 14.3. The molecule has 0 saturated carbocycles. The molecular formula is C19H23NO3S. The van der Waals surface area contributed by atoms with Gasteiger partial charge < -0.3 is 4.74 Å². The number of ether oxygens (including phenoxy) is 1. The van der Waals surface area contributed by atoms with Gasteiger partial charge in [0.1, 0.15) is 11.5 Å².